The minimum atomic E-state index is -3.27. The number of benzene rings is 2. The molecule has 0 aliphatic carbocycles. The van der Waals surface area contributed by atoms with E-state index < -0.39 is 24.8 Å². The Hall–Kier alpha value is -3.06. The van der Waals surface area contributed by atoms with Crippen LogP contribution in [0.15, 0.2) is 65.5 Å². The standard InChI is InChI=1S/C23H24FN2O5P/c1-3-30-32(29,31-4-2)15-16-5-11-19(12-6-16)26-21(27)14-13-20(23(26)25)22(28)17-7-9-18(24)10-8-17/h5-14H,3-4,15,25H2,1-2H3. The number of hydrogen-bond donors (Lipinski definition) is 1. The average Bonchev–Trinajstić information content (AvgIpc) is 2.75. The summed E-state index contributed by atoms with van der Waals surface area (Å²) in [5.41, 5.74) is 7.28. The lowest BCUT2D eigenvalue weighted by Crippen LogP contribution is -2.23. The van der Waals surface area contributed by atoms with E-state index in [1.54, 1.807) is 38.1 Å². The van der Waals surface area contributed by atoms with Crippen LogP contribution in [0.3, 0.4) is 0 Å². The highest BCUT2D eigenvalue weighted by Crippen LogP contribution is 2.51. The molecule has 0 saturated carbocycles. The highest BCUT2D eigenvalue weighted by Gasteiger charge is 2.24. The molecule has 2 aromatic carbocycles. The first-order valence-electron chi connectivity index (χ1n) is 10.1. The minimum absolute atomic E-state index is 0.0334. The van der Waals surface area contributed by atoms with E-state index in [1.165, 1.54) is 41.0 Å². The number of aromatic nitrogens is 1. The van der Waals surface area contributed by atoms with Gasteiger partial charge in [0, 0.05) is 11.6 Å². The molecule has 0 spiro atoms. The molecule has 9 heteroatoms. The number of hydrogen-bond acceptors (Lipinski definition) is 6. The third-order valence-electron chi connectivity index (χ3n) is 4.70. The Morgan fingerprint density at radius 1 is 0.969 bits per heavy atom. The molecule has 0 unspecified atom stereocenters. The summed E-state index contributed by atoms with van der Waals surface area (Å²) in [4.78, 5) is 25.3. The van der Waals surface area contributed by atoms with Crippen molar-refractivity contribution < 1.29 is 22.8 Å². The van der Waals surface area contributed by atoms with Gasteiger partial charge < -0.3 is 14.8 Å². The van der Waals surface area contributed by atoms with Gasteiger partial charge in [0.25, 0.3) is 5.56 Å². The van der Waals surface area contributed by atoms with Gasteiger partial charge in [-0.05, 0) is 61.9 Å². The van der Waals surface area contributed by atoms with Gasteiger partial charge in [0.2, 0.25) is 0 Å². The molecule has 7 nitrogen and oxygen atoms in total. The Balaban J connectivity index is 1.93. The molecule has 0 amide bonds. The van der Waals surface area contributed by atoms with E-state index in [2.05, 4.69) is 0 Å². The second-order valence-corrected chi connectivity index (χ2v) is 8.97. The minimum Gasteiger partial charge on any atom is -0.384 e. The lowest BCUT2D eigenvalue weighted by atomic mass is 10.0. The monoisotopic (exact) mass is 458 g/mol. The Morgan fingerprint density at radius 3 is 2.12 bits per heavy atom. The van der Waals surface area contributed by atoms with Gasteiger partial charge in [-0.2, -0.15) is 0 Å². The second-order valence-electron chi connectivity index (χ2n) is 6.91. The molecule has 3 rings (SSSR count). The van der Waals surface area contributed by atoms with Crippen LogP contribution in [0.25, 0.3) is 5.69 Å². The van der Waals surface area contributed by atoms with Crippen molar-refractivity contribution in [2.45, 2.75) is 20.0 Å². The summed E-state index contributed by atoms with van der Waals surface area (Å²) in [5.74, 6) is -0.922. The first-order chi connectivity index (χ1) is 15.3. The molecule has 0 radical (unpaired) electrons. The van der Waals surface area contributed by atoms with Gasteiger partial charge in [0.05, 0.1) is 30.6 Å². The fraction of sp³-hybridized carbons (Fsp3) is 0.217. The van der Waals surface area contributed by atoms with E-state index in [0.717, 1.165) is 0 Å². The van der Waals surface area contributed by atoms with Crippen LogP contribution in [0.1, 0.15) is 35.3 Å². The third kappa shape index (κ3) is 5.22. The zero-order chi connectivity index (χ0) is 23.3. The van der Waals surface area contributed by atoms with Crippen molar-refractivity contribution in [1.29, 1.82) is 0 Å². The van der Waals surface area contributed by atoms with Crippen LogP contribution < -0.4 is 11.3 Å². The molecule has 32 heavy (non-hydrogen) atoms. The molecule has 3 aromatic rings. The van der Waals surface area contributed by atoms with Gasteiger partial charge in [-0.15, -0.1) is 0 Å². The maximum absolute atomic E-state index is 13.2. The first kappa shape index (κ1) is 23.6. The normalized spacial score (nSPS) is 11.5. The highest BCUT2D eigenvalue weighted by atomic mass is 31.2. The first-order valence-corrected chi connectivity index (χ1v) is 11.8. The smallest absolute Gasteiger partial charge is 0.335 e. The van der Waals surface area contributed by atoms with Crippen molar-refractivity contribution in [3.63, 3.8) is 0 Å². The van der Waals surface area contributed by atoms with E-state index >= 15 is 0 Å². The molecule has 168 valence electrons. The quantitative estimate of drug-likeness (QED) is 0.373. The maximum atomic E-state index is 13.2. The predicted molar refractivity (Wildman–Crippen MR) is 121 cm³/mol. The van der Waals surface area contributed by atoms with Gasteiger partial charge in [0.15, 0.2) is 5.78 Å². The number of anilines is 1. The fourth-order valence-electron chi connectivity index (χ4n) is 3.26. The molecule has 0 atom stereocenters. The van der Waals surface area contributed by atoms with Crippen molar-refractivity contribution in [2.24, 2.45) is 0 Å². The SMILES string of the molecule is CCOP(=O)(Cc1ccc(-n2c(N)c(C(=O)c3ccc(F)cc3)ccc2=O)cc1)OCC. The topological polar surface area (TPSA) is 101 Å². The van der Waals surface area contributed by atoms with Crippen LogP contribution in [-0.4, -0.2) is 23.6 Å². The van der Waals surface area contributed by atoms with Crippen molar-refractivity contribution >= 4 is 19.2 Å². The van der Waals surface area contributed by atoms with Crippen LogP contribution in [0.5, 0.6) is 0 Å². The average molecular weight is 458 g/mol. The summed E-state index contributed by atoms with van der Waals surface area (Å²) in [6.07, 6.45) is 0.0857. The highest BCUT2D eigenvalue weighted by molar-refractivity contribution is 7.53. The van der Waals surface area contributed by atoms with E-state index in [9.17, 15) is 18.5 Å². The second kappa shape index (κ2) is 10.0. The van der Waals surface area contributed by atoms with Gasteiger partial charge in [-0.1, -0.05) is 12.1 Å². The number of carbonyl (C=O) groups excluding carboxylic acids is 1. The van der Waals surface area contributed by atoms with Crippen LogP contribution in [0.2, 0.25) is 0 Å². The van der Waals surface area contributed by atoms with Gasteiger partial charge in [-0.3, -0.25) is 18.7 Å². The summed E-state index contributed by atoms with van der Waals surface area (Å²) in [6.45, 7) is 4.00. The van der Waals surface area contributed by atoms with Crippen LogP contribution >= 0.6 is 7.60 Å². The van der Waals surface area contributed by atoms with E-state index in [-0.39, 0.29) is 36.3 Å². The van der Waals surface area contributed by atoms with Gasteiger partial charge >= 0.3 is 7.60 Å². The molecule has 2 N–H and O–H groups in total. The fourth-order valence-corrected chi connectivity index (χ4v) is 4.97. The zero-order valence-electron chi connectivity index (χ0n) is 17.8. The maximum Gasteiger partial charge on any atom is 0.335 e. The molecule has 0 aliphatic heterocycles. The van der Waals surface area contributed by atoms with Gasteiger partial charge in [-0.25, -0.2) is 4.39 Å². The van der Waals surface area contributed by atoms with E-state index in [1.807, 2.05) is 0 Å². The molecular formula is C23H24FN2O5P. The number of nitrogens with two attached hydrogens (primary N) is 1. The number of ketones is 1. The van der Waals surface area contributed by atoms with Crippen molar-refractivity contribution in [3.8, 4) is 5.69 Å². The summed E-state index contributed by atoms with van der Waals surface area (Å²) >= 11 is 0. The largest absolute Gasteiger partial charge is 0.384 e. The summed E-state index contributed by atoms with van der Waals surface area (Å²) in [7, 11) is -3.27. The number of carbonyl (C=O) groups is 1. The van der Waals surface area contributed by atoms with Crippen molar-refractivity contribution in [2.75, 3.05) is 18.9 Å². The van der Waals surface area contributed by atoms with Gasteiger partial charge in [0.1, 0.15) is 11.6 Å². The Labute approximate surface area is 185 Å². The van der Waals surface area contributed by atoms with E-state index in [4.69, 9.17) is 14.8 Å². The lowest BCUT2D eigenvalue weighted by molar-refractivity contribution is 0.103. The molecule has 1 heterocycles. The third-order valence-corrected chi connectivity index (χ3v) is 6.76. The van der Waals surface area contributed by atoms with E-state index in [0.29, 0.717) is 11.3 Å². The lowest BCUT2D eigenvalue weighted by Gasteiger charge is -2.17. The summed E-state index contributed by atoms with van der Waals surface area (Å²) < 4.78 is 37.8. The Kier molecular flexibility index (Phi) is 7.40. The Bertz CT molecular complexity index is 1200. The number of nitrogen functional groups attached to an aromatic ring is 1. The number of halogens is 1. The molecule has 0 bridgehead atoms. The van der Waals surface area contributed by atoms with Crippen molar-refractivity contribution in [3.05, 3.63) is 93.5 Å². The molecular weight excluding hydrogens is 434 g/mol. The van der Waals surface area contributed by atoms with Crippen LogP contribution in [-0.2, 0) is 19.8 Å². The zero-order valence-corrected chi connectivity index (χ0v) is 18.7. The molecule has 0 aliphatic rings. The number of rotatable bonds is 9. The predicted octanol–water partition coefficient (Wildman–Crippen LogP) is 4.56. The van der Waals surface area contributed by atoms with Crippen LogP contribution in [0.4, 0.5) is 10.2 Å². The Morgan fingerprint density at radius 2 is 1.56 bits per heavy atom. The molecule has 0 saturated heterocycles. The summed E-state index contributed by atoms with van der Waals surface area (Å²) in [5, 5.41) is 0. The summed E-state index contributed by atoms with van der Waals surface area (Å²) in [6, 6.07) is 14.4. The number of pyridine rings is 1. The number of nitrogens with zero attached hydrogens (tertiary/aromatic N) is 1. The van der Waals surface area contributed by atoms with Crippen molar-refractivity contribution in [1.82, 2.24) is 4.57 Å². The molecule has 1 aromatic heterocycles. The molecule has 0 fully saturated rings. The van der Waals surface area contributed by atoms with Crippen LogP contribution in [0, 0.1) is 5.82 Å².